The van der Waals surface area contributed by atoms with Crippen molar-refractivity contribution in [2.75, 3.05) is 0 Å². The van der Waals surface area contributed by atoms with E-state index >= 15 is 0 Å². The molecule has 8 heavy (non-hydrogen) atoms. The summed E-state index contributed by atoms with van der Waals surface area (Å²) in [4.78, 5) is 0. The second-order valence-corrected chi connectivity index (χ2v) is 0.687. The number of hydrogen-bond acceptors (Lipinski definition) is 2. The van der Waals surface area contributed by atoms with Crippen molar-refractivity contribution in [3.8, 4) is 0 Å². The molecule has 0 aromatic rings. The van der Waals surface area contributed by atoms with E-state index in [0.29, 0.717) is 5.98 Å². The number of halogens is 1. The molecule has 0 aliphatic rings. The van der Waals surface area contributed by atoms with Crippen LogP contribution in [-0.4, -0.2) is 7.12 Å². The van der Waals surface area contributed by atoms with Gasteiger partial charge in [-0.2, -0.15) is 0 Å². The first-order valence-electron chi connectivity index (χ1n) is 1.36. The molecule has 2 nitrogen and oxygen atoms in total. The third kappa shape index (κ3) is 16.0. The van der Waals surface area contributed by atoms with Crippen molar-refractivity contribution >= 4 is 7.12 Å². The minimum atomic E-state index is -2.16. The molecule has 0 bridgehead atoms. The Morgan fingerprint density at radius 2 is 1.62 bits per heavy atom. The Bertz CT molecular complexity index is 60.0. The van der Waals surface area contributed by atoms with Crippen LogP contribution in [0.2, 0.25) is 0 Å². The molecule has 0 spiro atoms. The molecule has 0 N–H and O–H groups in total. The van der Waals surface area contributed by atoms with Crippen LogP contribution >= 0.6 is 0 Å². The molecule has 0 heterocycles. The molecule has 0 aromatic carbocycles. The van der Waals surface area contributed by atoms with E-state index in [1.807, 2.05) is 0 Å². The molecule has 0 rings (SSSR count). The fraction of sp³-hybridized carbons (Fsp3) is 0. The molecule has 0 radical (unpaired) electrons. The second kappa shape index (κ2) is 12.6. The van der Waals surface area contributed by atoms with Crippen molar-refractivity contribution in [2.45, 2.75) is 0 Å². The van der Waals surface area contributed by atoms with E-state index in [9.17, 15) is 14.4 Å². The van der Waals surface area contributed by atoms with Crippen LogP contribution in [0.1, 0.15) is 0 Å². The predicted octanol–water partition coefficient (Wildman–Crippen LogP) is -7.77. The molecular formula is C2H2BFK2O2. The van der Waals surface area contributed by atoms with Crippen molar-refractivity contribution in [2.24, 2.45) is 0 Å². The molecular weight excluding hydrogens is 164 g/mol. The molecule has 0 saturated heterocycles. The minimum Gasteiger partial charge on any atom is -0.890 e. The van der Waals surface area contributed by atoms with Gasteiger partial charge in [0.2, 0.25) is 0 Å². The van der Waals surface area contributed by atoms with Crippen LogP contribution in [0.5, 0.6) is 0 Å². The average molecular weight is 166 g/mol. The van der Waals surface area contributed by atoms with Crippen molar-refractivity contribution in [1.29, 1.82) is 0 Å². The van der Waals surface area contributed by atoms with Gasteiger partial charge in [0.25, 0.3) is 0 Å². The van der Waals surface area contributed by atoms with Crippen LogP contribution in [-0.2, 0) is 0 Å². The van der Waals surface area contributed by atoms with Gasteiger partial charge in [0.05, 0.1) is 6.33 Å². The first-order chi connectivity index (χ1) is 2.77. The van der Waals surface area contributed by atoms with Gasteiger partial charge in [-0.3, -0.25) is 0 Å². The van der Waals surface area contributed by atoms with Crippen LogP contribution in [0, 0.1) is 0 Å². The van der Waals surface area contributed by atoms with Gasteiger partial charge in [-0.25, -0.2) is 4.39 Å². The maximum atomic E-state index is 10.7. The molecule has 0 aromatic heterocycles. The molecule has 6 heteroatoms. The fourth-order valence-electron chi connectivity index (χ4n) is 0.0594. The van der Waals surface area contributed by atoms with Gasteiger partial charge in [0, 0.05) is 0 Å². The van der Waals surface area contributed by atoms with Crippen molar-refractivity contribution in [3.05, 3.63) is 12.3 Å². The Kier molecular flexibility index (Phi) is 27.0. The smallest absolute Gasteiger partial charge is 0.890 e. The number of hydrogen-bond donors (Lipinski definition) is 0. The zero-order chi connectivity index (χ0) is 4.99. The number of rotatable bonds is 1. The molecule has 0 atom stereocenters. The molecule has 34 valence electrons. The maximum absolute atomic E-state index is 10.7. The normalized spacial score (nSPS) is 7.38. The van der Waals surface area contributed by atoms with E-state index in [2.05, 4.69) is 0 Å². The Hall–Kier alpha value is 2.93. The minimum absolute atomic E-state index is 0. The summed E-state index contributed by atoms with van der Waals surface area (Å²) < 4.78 is 10.7. The van der Waals surface area contributed by atoms with Gasteiger partial charge in [-0.05, 0) is 0 Å². The quantitative estimate of drug-likeness (QED) is 0.363. The molecule has 0 amide bonds. The summed E-state index contributed by atoms with van der Waals surface area (Å²) in [5, 5.41) is 18.5. The van der Waals surface area contributed by atoms with Gasteiger partial charge >= 0.3 is 103 Å². The molecule has 0 aliphatic heterocycles. The van der Waals surface area contributed by atoms with Crippen LogP contribution in [0.3, 0.4) is 0 Å². The summed E-state index contributed by atoms with van der Waals surface area (Å²) in [5.74, 6) is 0.389. The first kappa shape index (κ1) is 17.1. The van der Waals surface area contributed by atoms with Gasteiger partial charge in [-0.15, -0.1) is 5.98 Å². The van der Waals surface area contributed by atoms with Gasteiger partial charge in [0.15, 0.2) is 0 Å². The molecule has 0 fully saturated rings. The largest absolute Gasteiger partial charge is 1.00 e. The second-order valence-electron chi connectivity index (χ2n) is 0.687. The third-order valence-electron chi connectivity index (χ3n) is 0.230. The Morgan fingerprint density at radius 1 is 1.25 bits per heavy atom. The van der Waals surface area contributed by atoms with Crippen LogP contribution in [0.15, 0.2) is 12.3 Å². The molecule has 0 saturated carbocycles. The van der Waals surface area contributed by atoms with Crippen LogP contribution in [0.25, 0.3) is 0 Å². The van der Waals surface area contributed by atoms with Crippen molar-refractivity contribution < 1.29 is 117 Å². The average Bonchev–Trinajstić information content (AvgIpc) is 1.35. The Morgan fingerprint density at radius 3 is 1.62 bits per heavy atom. The predicted molar refractivity (Wildman–Crippen MR) is 16.0 cm³/mol. The summed E-state index contributed by atoms with van der Waals surface area (Å²) in [5.41, 5.74) is 0. The Labute approximate surface area is 133 Å². The Balaban J connectivity index is -0.000000125. The molecule has 0 aliphatic carbocycles. The SMILES string of the molecule is [K+].[K+].[O-]B([O-])C=CF. The summed E-state index contributed by atoms with van der Waals surface area (Å²) in [7, 11) is -2.16. The van der Waals surface area contributed by atoms with E-state index in [1.165, 1.54) is 0 Å². The fourth-order valence-corrected chi connectivity index (χ4v) is 0.0594. The topological polar surface area (TPSA) is 46.1 Å². The van der Waals surface area contributed by atoms with E-state index in [-0.39, 0.29) is 109 Å². The standard InChI is InChI=1S/C2H2BFO2.2K/c4-2-1-3(5)6;;/h1-2H;;/q-2;2*+1. The van der Waals surface area contributed by atoms with Crippen LogP contribution in [0.4, 0.5) is 4.39 Å². The third-order valence-corrected chi connectivity index (χ3v) is 0.230. The zero-order valence-electron chi connectivity index (χ0n) is 4.93. The van der Waals surface area contributed by atoms with E-state index in [4.69, 9.17) is 0 Å². The first-order valence-corrected chi connectivity index (χ1v) is 1.36. The summed E-state index contributed by atoms with van der Waals surface area (Å²) in [6.45, 7) is 0. The monoisotopic (exact) mass is 166 g/mol. The van der Waals surface area contributed by atoms with Gasteiger partial charge in [-0.1, -0.05) is 7.12 Å². The summed E-state index contributed by atoms with van der Waals surface area (Å²) in [6.07, 6.45) is -0.0509. The zero-order valence-corrected chi connectivity index (χ0v) is 11.2. The maximum Gasteiger partial charge on any atom is 1.00 e. The van der Waals surface area contributed by atoms with Gasteiger partial charge in [0.1, 0.15) is 0 Å². The van der Waals surface area contributed by atoms with E-state index in [1.54, 1.807) is 0 Å². The van der Waals surface area contributed by atoms with Crippen molar-refractivity contribution in [1.82, 2.24) is 0 Å². The van der Waals surface area contributed by atoms with E-state index in [0.717, 1.165) is 0 Å². The van der Waals surface area contributed by atoms with Gasteiger partial charge < -0.3 is 10.0 Å². The van der Waals surface area contributed by atoms with Crippen molar-refractivity contribution in [3.63, 3.8) is 0 Å². The molecule has 0 unspecified atom stereocenters. The van der Waals surface area contributed by atoms with Crippen LogP contribution < -0.4 is 113 Å². The summed E-state index contributed by atoms with van der Waals surface area (Å²) in [6, 6.07) is 0. The van der Waals surface area contributed by atoms with E-state index < -0.39 is 7.12 Å². The summed E-state index contributed by atoms with van der Waals surface area (Å²) >= 11 is 0.